The number of benzene rings is 1. The van der Waals surface area contributed by atoms with E-state index in [1.54, 1.807) is 11.9 Å². The molecular weight excluding hydrogens is 515 g/mol. The molecule has 3 heterocycles. The van der Waals surface area contributed by atoms with Gasteiger partial charge in [0, 0.05) is 51.5 Å². The molecule has 1 aromatic carbocycles. The first-order valence-electron chi connectivity index (χ1n) is 11.1. The van der Waals surface area contributed by atoms with Gasteiger partial charge in [-0.3, -0.25) is 9.89 Å². The molecule has 6 nitrogen and oxygen atoms in total. The lowest BCUT2D eigenvalue weighted by molar-refractivity contribution is -0.0164. The van der Waals surface area contributed by atoms with E-state index in [1.807, 2.05) is 0 Å². The number of hydrogen-bond acceptors (Lipinski definition) is 4. The van der Waals surface area contributed by atoms with Crippen molar-refractivity contribution in [3.63, 3.8) is 0 Å². The van der Waals surface area contributed by atoms with Gasteiger partial charge in [-0.05, 0) is 57.3 Å². The van der Waals surface area contributed by atoms with Gasteiger partial charge in [-0.1, -0.05) is 6.07 Å². The molecule has 3 aliphatic heterocycles. The second-order valence-corrected chi connectivity index (χ2v) is 8.60. The Kier molecular flexibility index (Phi) is 8.74. The Morgan fingerprint density at radius 1 is 1.16 bits per heavy atom. The number of aliphatic imine (C=N–C) groups is 1. The minimum atomic E-state index is -0.509. The summed E-state index contributed by atoms with van der Waals surface area (Å²) in [5.41, 5.74) is 0.185. The second-order valence-electron chi connectivity index (χ2n) is 8.60. The number of guanidine groups is 1. The summed E-state index contributed by atoms with van der Waals surface area (Å²) in [6.07, 6.45) is 5.39. The van der Waals surface area contributed by atoms with Crippen molar-refractivity contribution in [2.24, 2.45) is 4.99 Å². The number of ether oxygens (including phenoxy) is 1. The van der Waals surface area contributed by atoms with E-state index >= 15 is 0 Å². The van der Waals surface area contributed by atoms with E-state index in [9.17, 15) is 8.78 Å². The topological polar surface area (TPSA) is 52.1 Å². The highest BCUT2D eigenvalue weighted by atomic mass is 127. The Hall–Kier alpha value is -1.20. The van der Waals surface area contributed by atoms with Gasteiger partial charge in [0.1, 0.15) is 17.3 Å². The van der Waals surface area contributed by atoms with Gasteiger partial charge in [0.15, 0.2) is 5.96 Å². The van der Waals surface area contributed by atoms with Crippen molar-refractivity contribution < 1.29 is 13.5 Å². The summed E-state index contributed by atoms with van der Waals surface area (Å²) in [7, 11) is 1.77. The van der Waals surface area contributed by atoms with Crippen molar-refractivity contribution in [2.75, 3.05) is 57.9 Å². The predicted molar refractivity (Wildman–Crippen MR) is 130 cm³/mol. The van der Waals surface area contributed by atoms with Crippen molar-refractivity contribution in [1.82, 2.24) is 15.5 Å². The molecule has 2 N–H and O–H groups in total. The quantitative estimate of drug-likeness (QED) is 0.336. The summed E-state index contributed by atoms with van der Waals surface area (Å²) >= 11 is 0. The normalized spacial score (nSPS) is 24.2. The molecule has 1 aromatic rings. The predicted octanol–water partition coefficient (Wildman–Crippen LogP) is 2.97. The zero-order valence-corrected chi connectivity index (χ0v) is 20.5. The minimum Gasteiger partial charge on any atom is -0.381 e. The molecule has 0 radical (unpaired) electrons. The van der Waals surface area contributed by atoms with Gasteiger partial charge in [0.2, 0.25) is 0 Å². The molecule has 31 heavy (non-hydrogen) atoms. The van der Waals surface area contributed by atoms with E-state index in [0.29, 0.717) is 13.1 Å². The fourth-order valence-electron chi connectivity index (χ4n) is 5.06. The van der Waals surface area contributed by atoms with Crippen LogP contribution in [0.1, 0.15) is 32.1 Å². The van der Waals surface area contributed by atoms with E-state index in [1.165, 1.54) is 31.0 Å². The molecule has 0 saturated carbocycles. The van der Waals surface area contributed by atoms with Crippen LogP contribution in [0.3, 0.4) is 0 Å². The van der Waals surface area contributed by atoms with Gasteiger partial charge in [-0.2, -0.15) is 0 Å². The van der Waals surface area contributed by atoms with E-state index < -0.39 is 11.6 Å². The first-order valence-corrected chi connectivity index (χ1v) is 11.1. The van der Waals surface area contributed by atoms with E-state index in [2.05, 4.69) is 20.5 Å². The van der Waals surface area contributed by atoms with Gasteiger partial charge < -0.3 is 20.3 Å². The van der Waals surface area contributed by atoms with Crippen LogP contribution in [-0.2, 0) is 4.74 Å². The highest BCUT2D eigenvalue weighted by Gasteiger charge is 2.39. The molecule has 0 aliphatic carbocycles. The number of nitrogens with one attached hydrogen (secondary N) is 2. The summed E-state index contributed by atoms with van der Waals surface area (Å²) in [6, 6.07) is 4.11. The van der Waals surface area contributed by atoms with Gasteiger partial charge >= 0.3 is 0 Å². The van der Waals surface area contributed by atoms with Crippen LogP contribution >= 0.6 is 24.0 Å². The lowest BCUT2D eigenvalue weighted by atomic mass is 9.88. The highest BCUT2D eigenvalue weighted by molar-refractivity contribution is 14.0. The maximum Gasteiger partial charge on any atom is 0.191 e. The van der Waals surface area contributed by atoms with Crippen LogP contribution in [0, 0.1) is 11.6 Å². The summed E-state index contributed by atoms with van der Waals surface area (Å²) in [5.74, 6) is -0.267. The summed E-state index contributed by atoms with van der Waals surface area (Å²) in [4.78, 5) is 8.80. The number of likely N-dealkylation sites (tertiary alicyclic amines) is 1. The Bertz CT molecular complexity index is 733. The fourth-order valence-corrected chi connectivity index (χ4v) is 5.06. The van der Waals surface area contributed by atoms with E-state index in [0.717, 1.165) is 58.1 Å². The third-order valence-corrected chi connectivity index (χ3v) is 6.79. The van der Waals surface area contributed by atoms with Crippen LogP contribution in [0.25, 0.3) is 0 Å². The molecule has 0 amide bonds. The number of nitrogens with zero attached hydrogens (tertiary/aromatic N) is 3. The van der Waals surface area contributed by atoms with Crippen molar-refractivity contribution in [1.29, 1.82) is 0 Å². The molecule has 3 fully saturated rings. The first kappa shape index (κ1) is 24.4. The number of anilines is 1. The zero-order chi connectivity index (χ0) is 21.0. The summed E-state index contributed by atoms with van der Waals surface area (Å²) in [5, 5.41) is 6.99. The van der Waals surface area contributed by atoms with Crippen LogP contribution < -0.4 is 15.5 Å². The fraction of sp³-hybridized carbons (Fsp3) is 0.682. The average molecular weight is 549 g/mol. The monoisotopic (exact) mass is 549 g/mol. The summed E-state index contributed by atoms with van der Waals surface area (Å²) in [6.45, 7) is 5.89. The van der Waals surface area contributed by atoms with Crippen LogP contribution in [0.4, 0.5) is 14.5 Å². The molecule has 0 bridgehead atoms. The van der Waals surface area contributed by atoms with E-state index in [4.69, 9.17) is 4.74 Å². The lowest BCUT2D eigenvalue weighted by Gasteiger charge is -2.45. The number of rotatable bonds is 5. The Morgan fingerprint density at radius 3 is 2.48 bits per heavy atom. The number of hydrogen-bond donors (Lipinski definition) is 2. The highest BCUT2D eigenvalue weighted by Crippen LogP contribution is 2.31. The maximum atomic E-state index is 14.1. The van der Waals surface area contributed by atoms with Crippen molar-refractivity contribution in [3.05, 3.63) is 29.8 Å². The summed E-state index contributed by atoms with van der Waals surface area (Å²) < 4.78 is 33.9. The molecule has 174 valence electrons. The molecular formula is C22H34F2IN5O. The van der Waals surface area contributed by atoms with Crippen LogP contribution in [-0.4, -0.2) is 75.4 Å². The van der Waals surface area contributed by atoms with Crippen molar-refractivity contribution in [3.8, 4) is 0 Å². The largest absolute Gasteiger partial charge is 0.381 e. The minimum absolute atomic E-state index is 0. The Morgan fingerprint density at radius 2 is 1.84 bits per heavy atom. The van der Waals surface area contributed by atoms with Crippen LogP contribution in [0.5, 0.6) is 0 Å². The zero-order valence-electron chi connectivity index (χ0n) is 18.2. The SMILES string of the molecule is CN=C(NCC1(N2CCCC2)CCOCC1)NC1CCN(c2c(F)cccc2F)C1.I. The average Bonchev–Trinajstić information content (AvgIpc) is 3.45. The van der Waals surface area contributed by atoms with Crippen molar-refractivity contribution in [2.45, 2.75) is 43.7 Å². The second kappa shape index (κ2) is 11.1. The molecule has 0 aromatic heterocycles. The van der Waals surface area contributed by atoms with Gasteiger partial charge in [-0.25, -0.2) is 8.78 Å². The molecule has 9 heteroatoms. The molecule has 1 unspecified atom stereocenters. The molecule has 1 atom stereocenters. The van der Waals surface area contributed by atoms with Gasteiger partial charge in [-0.15, -0.1) is 24.0 Å². The third kappa shape index (κ3) is 5.60. The van der Waals surface area contributed by atoms with Crippen molar-refractivity contribution >= 4 is 35.6 Å². The van der Waals surface area contributed by atoms with Crippen LogP contribution in [0.2, 0.25) is 0 Å². The Balaban J connectivity index is 0.00000272. The smallest absolute Gasteiger partial charge is 0.191 e. The van der Waals surface area contributed by atoms with Gasteiger partial charge in [0.25, 0.3) is 0 Å². The standard InChI is InChI=1S/C22H33F2N5O.HI/c1-25-21(26-16-22(8-13-30-14-9-22)29-10-2-3-11-29)27-17-7-12-28(15-17)20-18(23)5-4-6-19(20)24;/h4-6,17H,2-3,7-16H2,1H3,(H2,25,26,27);1H. The van der Waals surface area contributed by atoms with Crippen LogP contribution in [0.15, 0.2) is 23.2 Å². The maximum absolute atomic E-state index is 14.1. The number of para-hydroxylation sites is 1. The lowest BCUT2D eigenvalue weighted by Crippen LogP contribution is -2.59. The third-order valence-electron chi connectivity index (χ3n) is 6.79. The molecule has 4 rings (SSSR count). The molecule has 3 saturated heterocycles. The first-order chi connectivity index (χ1) is 14.6. The number of halogens is 3. The Labute approximate surface area is 200 Å². The van der Waals surface area contributed by atoms with Gasteiger partial charge in [0.05, 0.1) is 0 Å². The molecule has 3 aliphatic rings. The van der Waals surface area contributed by atoms with E-state index in [-0.39, 0.29) is 41.2 Å². The molecule has 0 spiro atoms.